The summed E-state index contributed by atoms with van der Waals surface area (Å²) in [5, 5.41) is 0.874. The highest BCUT2D eigenvalue weighted by Gasteiger charge is 2.42. The Kier molecular flexibility index (Phi) is 5.51. The number of hydrogen-bond donors (Lipinski definition) is 0. The van der Waals surface area contributed by atoms with Crippen LogP contribution in [-0.2, 0) is 4.74 Å². The number of rotatable bonds is 5. The van der Waals surface area contributed by atoms with Crippen molar-refractivity contribution in [3.63, 3.8) is 0 Å². The quantitative estimate of drug-likeness (QED) is 0.481. The number of halogens is 2. The fraction of sp³-hybridized carbons (Fsp3) is 0.273. The molecular weight excluding hydrogens is 458 g/mol. The lowest BCUT2D eigenvalue weighted by atomic mass is 9.98. The molecular formula is C22H19BrClNO4. The topological polar surface area (TPSA) is 59.8 Å². The Morgan fingerprint density at radius 1 is 1.21 bits per heavy atom. The second kappa shape index (κ2) is 7.94. The van der Waals surface area contributed by atoms with Crippen molar-refractivity contribution >= 4 is 44.4 Å². The van der Waals surface area contributed by atoms with Crippen LogP contribution in [-0.4, -0.2) is 31.1 Å². The SMILES string of the molecule is COCCCN1C(=O)c2oc3cc(C)c(Cl)cc3c(=O)c2C1c1ccc(Br)cc1. The van der Waals surface area contributed by atoms with E-state index in [1.807, 2.05) is 31.2 Å². The van der Waals surface area contributed by atoms with Gasteiger partial charge in [-0.2, -0.15) is 0 Å². The first kappa shape index (κ1) is 20.1. The lowest BCUT2D eigenvalue weighted by Gasteiger charge is -2.25. The van der Waals surface area contributed by atoms with E-state index in [0.29, 0.717) is 41.1 Å². The van der Waals surface area contributed by atoms with Gasteiger partial charge in [0.15, 0.2) is 5.43 Å². The molecule has 0 saturated carbocycles. The molecule has 2 aromatic carbocycles. The predicted octanol–water partition coefficient (Wildman–Crippen LogP) is 5.10. The molecule has 29 heavy (non-hydrogen) atoms. The summed E-state index contributed by atoms with van der Waals surface area (Å²) in [6.45, 7) is 2.80. The van der Waals surface area contributed by atoms with Crippen LogP contribution in [0, 0.1) is 6.92 Å². The minimum Gasteiger partial charge on any atom is -0.450 e. The summed E-state index contributed by atoms with van der Waals surface area (Å²) in [6.07, 6.45) is 0.655. The number of ether oxygens (including phenoxy) is 1. The fourth-order valence-corrected chi connectivity index (χ4v) is 4.17. The molecule has 4 rings (SSSR count). The van der Waals surface area contributed by atoms with Crippen LogP contribution in [0.1, 0.15) is 39.7 Å². The third kappa shape index (κ3) is 3.50. The number of methoxy groups -OCH3 is 1. The Labute approximate surface area is 181 Å². The fourth-order valence-electron chi connectivity index (χ4n) is 3.74. The van der Waals surface area contributed by atoms with Gasteiger partial charge in [0.1, 0.15) is 5.58 Å². The van der Waals surface area contributed by atoms with Crippen molar-refractivity contribution in [2.75, 3.05) is 20.3 Å². The number of benzene rings is 2. The molecule has 7 heteroatoms. The predicted molar refractivity (Wildman–Crippen MR) is 116 cm³/mol. The van der Waals surface area contributed by atoms with Crippen molar-refractivity contribution in [1.82, 2.24) is 4.90 Å². The summed E-state index contributed by atoms with van der Waals surface area (Å²) in [4.78, 5) is 28.3. The van der Waals surface area contributed by atoms with E-state index < -0.39 is 6.04 Å². The van der Waals surface area contributed by atoms with Crippen LogP contribution < -0.4 is 5.43 Å². The molecule has 1 unspecified atom stereocenters. The van der Waals surface area contributed by atoms with Gasteiger partial charge >= 0.3 is 0 Å². The minimum atomic E-state index is -0.511. The van der Waals surface area contributed by atoms with Crippen molar-refractivity contribution in [2.24, 2.45) is 0 Å². The Bertz CT molecular complexity index is 1160. The van der Waals surface area contributed by atoms with Gasteiger partial charge in [-0.25, -0.2) is 0 Å². The summed E-state index contributed by atoms with van der Waals surface area (Å²) in [5.41, 5.74) is 2.15. The molecule has 1 atom stereocenters. The number of carbonyl (C=O) groups excluding carboxylic acids is 1. The van der Waals surface area contributed by atoms with Gasteiger partial charge < -0.3 is 14.1 Å². The Balaban J connectivity index is 1.93. The largest absolute Gasteiger partial charge is 0.450 e. The average Bonchev–Trinajstić information content (AvgIpc) is 2.97. The monoisotopic (exact) mass is 475 g/mol. The van der Waals surface area contributed by atoms with Crippen LogP contribution in [0.25, 0.3) is 11.0 Å². The molecule has 2 heterocycles. The van der Waals surface area contributed by atoms with E-state index in [1.54, 1.807) is 24.1 Å². The highest BCUT2D eigenvalue weighted by atomic mass is 79.9. The summed E-state index contributed by atoms with van der Waals surface area (Å²) in [5.74, 6) is -0.176. The lowest BCUT2D eigenvalue weighted by molar-refractivity contribution is 0.0708. The van der Waals surface area contributed by atoms with Crippen molar-refractivity contribution < 1.29 is 13.9 Å². The number of hydrogen-bond acceptors (Lipinski definition) is 4. The van der Waals surface area contributed by atoms with Gasteiger partial charge in [-0.1, -0.05) is 39.7 Å². The molecule has 0 saturated heterocycles. The smallest absolute Gasteiger partial charge is 0.290 e. The van der Waals surface area contributed by atoms with E-state index >= 15 is 0 Å². The first-order valence-corrected chi connectivity index (χ1v) is 10.4. The van der Waals surface area contributed by atoms with Gasteiger partial charge in [0.05, 0.1) is 17.0 Å². The van der Waals surface area contributed by atoms with Crippen molar-refractivity contribution in [1.29, 1.82) is 0 Å². The van der Waals surface area contributed by atoms with Crippen molar-refractivity contribution in [2.45, 2.75) is 19.4 Å². The first-order valence-electron chi connectivity index (χ1n) is 9.24. The van der Waals surface area contributed by atoms with Gasteiger partial charge in [0.2, 0.25) is 5.76 Å². The zero-order chi connectivity index (χ0) is 20.7. The Hall–Kier alpha value is -2.15. The zero-order valence-electron chi connectivity index (χ0n) is 16.0. The molecule has 3 aromatic rings. The number of carbonyl (C=O) groups is 1. The minimum absolute atomic E-state index is 0.106. The summed E-state index contributed by atoms with van der Waals surface area (Å²) in [7, 11) is 1.62. The van der Waals surface area contributed by atoms with Gasteiger partial charge in [-0.05, 0) is 48.7 Å². The summed E-state index contributed by atoms with van der Waals surface area (Å²) < 4.78 is 12.0. The molecule has 0 spiro atoms. The van der Waals surface area contributed by atoms with Gasteiger partial charge in [-0.3, -0.25) is 9.59 Å². The van der Waals surface area contributed by atoms with E-state index in [1.165, 1.54) is 0 Å². The average molecular weight is 477 g/mol. The van der Waals surface area contributed by atoms with Gasteiger partial charge in [-0.15, -0.1) is 0 Å². The van der Waals surface area contributed by atoms with Crippen LogP contribution >= 0.6 is 27.5 Å². The van der Waals surface area contributed by atoms with Crippen LogP contribution in [0.3, 0.4) is 0 Å². The second-order valence-corrected chi connectivity index (χ2v) is 8.39. The maximum atomic E-state index is 13.4. The number of aryl methyl sites for hydroxylation is 1. The Morgan fingerprint density at radius 3 is 2.62 bits per heavy atom. The molecule has 0 aliphatic carbocycles. The third-order valence-electron chi connectivity index (χ3n) is 5.18. The normalized spacial score (nSPS) is 15.9. The van der Waals surface area contributed by atoms with E-state index in [9.17, 15) is 9.59 Å². The van der Waals surface area contributed by atoms with Crippen LogP contribution in [0.5, 0.6) is 0 Å². The van der Waals surface area contributed by atoms with Gasteiger partial charge in [0.25, 0.3) is 5.91 Å². The molecule has 0 fully saturated rings. The van der Waals surface area contributed by atoms with Crippen molar-refractivity contribution in [3.05, 3.63) is 78.6 Å². The second-order valence-electron chi connectivity index (χ2n) is 7.07. The number of nitrogens with zero attached hydrogens (tertiary/aromatic N) is 1. The first-order chi connectivity index (χ1) is 13.9. The molecule has 1 aliphatic heterocycles. The summed E-state index contributed by atoms with van der Waals surface area (Å²) >= 11 is 9.68. The molecule has 0 bridgehead atoms. The van der Waals surface area contributed by atoms with Crippen molar-refractivity contribution in [3.8, 4) is 0 Å². The van der Waals surface area contributed by atoms with E-state index in [4.69, 9.17) is 20.8 Å². The molecule has 0 radical (unpaired) electrons. The van der Waals surface area contributed by atoms with E-state index in [-0.39, 0.29) is 17.1 Å². The van der Waals surface area contributed by atoms with E-state index in [2.05, 4.69) is 15.9 Å². The van der Waals surface area contributed by atoms with Crippen LogP contribution in [0.15, 0.2) is 50.1 Å². The number of amides is 1. The maximum absolute atomic E-state index is 13.4. The lowest BCUT2D eigenvalue weighted by Crippen LogP contribution is -2.31. The molecule has 5 nitrogen and oxygen atoms in total. The molecule has 150 valence electrons. The standard InChI is InChI=1S/C22H19BrClNO4/c1-12-10-17-15(11-16(12)24)20(26)18-19(13-4-6-14(23)7-5-13)25(8-3-9-28-2)22(27)21(18)29-17/h4-7,10-11,19H,3,8-9H2,1-2H3. The number of fused-ring (bicyclic) bond motifs is 2. The molecule has 1 aromatic heterocycles. The molecule has 0 N–H and O–H groups in total. The highest BCUT2D eigenvalue weighted by Crippen LogP contribution is 2.39. The van der Waals surface area contributed by atoms with Gasteiger partial charge in [0, 0.05) is 29.8 Å². The van der Waals surface area contributed by atoms with Crippen LogP contribution in [0.4, 0.5) is 0 Å². The third-order valence-corrected chi connectivity index (χ3v) is 6.12. The molecule has 1 amide bonds. The summed E-state index contributed by atoms with van der Waals surface area (Å²) in [6, 6.07) is 10.4. The maximum Gasteiger partial charge on any atom is 0.290 e. The van der Waals surface area contributed by atoms with E-state index in [0.717, 1.165) is 15.6 Å². The highest BCUT2D eigenvalue weighted by molar-refractivity contribution is 9.10. The zero-order valence-corrected chi connectivity index (χ0v) is 18.3. The Morgan fingerprint density at radius 2 is 1.93 bits per heavy atom. The van der Waals surface area contributed by atoms with Crippen LogP contribution in [0.2, 0.25) is 5.02 Å². The molecule has 1 aliphatic rings.